The van der Waals surface area contributed by atoms with Crippen LogP contribution < -0.4 is 15.2 Å². The molecule has 0 saturated carbocycles. The number of nitrogens with two attached hydrogens (primary N) is 1. The van der Waals surface area contributed by atoms with E-state index < -0.39 is 0 Å². The first-order valence-electron chi connectivity index (χ1n) is 6.64. The van der Waals surface area contributed by atoms with Crippen LogP contribution in [-0.2, 0) is 6.61 Å². The van der Waals surface area contributed by atoms with Gasteiger partial charge in [0.05, 0.1) is 11.6 Å². The van der Waals surface area contributed by atoms with Crippen LogP contribution in [0.2, 0.25) is 10.0 Å². The maximum Gasteiger partial charge on any atom is 0.180 e. The highest BCUT2D eigenvalue weighted by Gasteiger charge is 2.14. The van der Waals surface area contributed by atoms with Crippen molar-refractivity contribution in [3.63, 3.8) is 0 Å². The molecule has 0 bridgehead atoms. The maximum atomic E-state index is 6.26. The predicted octanol–water partition coefficient (Wildman–Crippen LogP) is 4.61. The summed E-state index contributed by atoms with van der Waals surface area (Å²) in [6.45, 7) is 2.71. The molecule has 0 aliphatic carbocycles. The quantitative estimate of drug-likeness (QED) is 0.768. The van der Waals surface area contributed by atoms with E-state index in [2.05, 4.69) is 0 Å². The maximum absolute atomic E-state index is 6.26. The van der Waals surface area contributed by atoms with E-state index in [0.29, 0.717) is 40.3 Å². The van der Waals surface area contributed by atoms with E-state index in [9.17, 15) is 0 Å². The van der Waals surface area contributed by atoms with Crippen LogP contribution in [0.3, 0.4) is 0 Å². The Morgan fingerprint density at radius 2 is 1.82 bits per heavy atom. The zero-order valence-corrected chi connectivity index (χ0v) is 14.3. The van der Waals surface area contributed by atoms with Gasteiger partial charge in [-0.2, -0.15) is 0 Å². The smallest absolute Gasteiger partial charge is 0.180 e. The molecule has 0 saturated heterocycles. The summed E-state index contributed by atoms with van der Waals surface area (Å²) in [6.07, 6.45) is 0. The Bertz CT molecular complexity index is 675. The molecule has 22 heavy (non-hydrogen) atoms. The Kier molecular flexibility index (Phi) is 5.89. The van der Waals surface area contributed by atoms with E-state index >= 15 is 0 Å². The number of thiocarbonyl (C=S) groups is 1. The Hall–Kier alpha value is -1.49. The van der Waals surface area contributed by atoms with Gasteiger partial charge in [-0.3, -0.25) is 0 Å². The molecular formula is C16H15Cl2NO2S. The van der Waals surface area contributed by atoms with Crippen LogP contribution in [0.1, 0.15) is 18.1 Å². The summed E-state index contributed by atoms with van der Waals surface area (Å²) in [5.74, 6) is 0.991. The molecule has 0 radical (unpaired) electrons. The summed E-state index contributed by atoms with van der Waals surface area (Å²) in [7, 11) is 0. The molecule has 0 aliphatic heterocycles. The highest BCUT2D eigenvalue weighted by molar-refractivity contribution is 7.80. The van der Waals surface area contributed by atoms with Crippen LogP contribution >= 0.6 is 35.4 Å². The van der Waals surface area contributed by atoms with Gasteiger partial charge in [0.2, 0.25) is 0 Å². The van der Waals surface area contributed by atoms with Gasteiger partial charge in [0.15, 0.2) is 11.5 Å². The van der Waals surface area contributed by atoms with Crippen molar-refractivity contribution in [1.29, 1.82) is 0 Å². The molecule has 0 unspecified atom stereocenters. The Balaban J connectivity index is 2.25. The van der Waals surface area contributed by atoms with E-state index in [1.54, 1.807) is 24.3 Å². The summed E-state index contributed by atoms with van der Waals surface area (Å²) < 4.78 is 11.4. The van der Waals surface area contributed by atoms with Crippen LogP contribution in [0.5, 0.6) is 11.5 Å². The van der Waals surface area contributed by atoms with Gasteiger partial charge in [-0.25, -0.2) is 0 Å². The Labute approximate surface area is 144 Å². The number of hydrogen-bond acceptors (Lipinski definition) is 3. The fourth-order valence-corrected chi connectivity index (χ4v) is 2.36. The Morgan fingerprint density at radius 1 is 1.14 bits per heavy atom. The molecule has 0 aromatic heterocycles. The highest BCUT2D eigenvalue weighted by Crippen LogP contribution is 2.37. The van der Waals surface area contributed by atoms with Crippen molar-refractivity contribution in [2.24, 2.45) is 5.73 Å². The predicted molar refractivity (Wildman–Crippen MR) is 94.3 cm³/mol. The summed E-state index contributed by atoms with van der Waals surface area (Å²) in [6, 6.07) is 10.8. The van der Waals surface area contributed by atoms with E-state index in [0.717, 1.165) is 5.56 Å². The molecule has 2 aromatic rings. The third kappa shape index (κ3) is 4.26. The number of rotatable bonds is 6. The van der Waals surface area contributed by atoms with Gasteiger partial charge < -0.3 is 15.2 Å². The van der Waals surface area contributed by atoms with Crippen LogP contribution in [0.25, 0.3) is 0 Å². The van der Waals surface area contributed by atoms with Crippen LogP contribution in [0.15, 0.2) is 36.4 Å². The molecule has 0 atom stereocenters. The van der Waals surface area contributed by atoms with Gasteiger partial charge in [0, 0.05) is 10.6 Å². The lowest BCUT2D eigenvalue weighted by atomic mass is 10.2. The highest BCUT2D eigenvalue weighted by atomic mass is 35.5. The van der Waals surface area contributed by atoms with Gasteiger partial charge >= 0.3 is 0 Å². The number of hydrogen-bond donors (Lipinski definition) is 1. The van der Waals surface area contributed by atoms with Gasteiger partial charge in [0.1, 0.15) is 11.6 Å². The molecule has 6 heteroatoms. The minimum absolute atomic E-state index is 0.257. The fourth-order valence-electron chi connectivity index (χ4n) is 1.85. The largest absolute Gasteiger partial charge is 0.490 e. The van der Waals surface area contributed by atoms with Crippen molar-refractivity contribution >= 4 is 40.4 Å². The average Bonchev–Trinajstić information content (AvgIpc) is 2.48. The third-order valence-corrected chi connectivity index (χ3v) is 3.66. The minimum Gasteiger partial charge on any atom is -0.490 e. The zero-order chi connectivity index (χ0) is 16.1. The standard InChI is InChI=1S/C16H15Cl2NO2S/c1-2-20-14-8-11(16(19)22)7-13(18)15(14)21-9-10-3-5-12(17)6-4-10/h3-8H,2,9H2,1H3,(H2,19,22). The first-order valence-corrected chi connectivity index (χ1v) is 7.81. The molecule has 116 valence electrons. The second-order valence-corrected chi connectivity index (χ2v) is 5.78. The lowest BCUT2D eigenvalue weighted by Crippen LogP contribution is -2.10. The number of halogens is 2. The molecular weight excluding hydrogens is 341 g/mol. The first kappa shape index (κ1) is 16.9. The van der Waals surface area contributed by atoms with Gasteiger partial charge in [0.25, 0.3) is 0 Å². The van der Waals surface area contributed by atoms with Crippen LogP contribution in [0.4, 0.5) is 0 Å². The lowest BCUT2D eigenvalue weighted by Gasteiger charge is -2.15. The molecule has 0 heterocycles. The van der Waals surface area contributed by atoms with Crippen molar-refractivity contribution in [2.45, 2.75) is 13.5 Å². The van der Waals surface area contributed by atoms with Crippen molar-refractivity contribution in [3.05, 3.63) is 57.6 Å². The number of ether oxygens (including phenoxy) is 2. The summed E-state index contributed by atoms with van der Waals surface area (Å²) in [4.78, 5) is 0.257. The van der Waals surface area contributed by atoms with E-state index in [1.807, 2.05) is 19.1 Å². The van der Waals surface area contributed by atoms with E-state index in [-0.39, 0.29) is 4.99 Å². The zero-order valence-electron chi connectivity index (χ0n) is 11.9. The third-order valence-electron chi connectivity index (χ3n) is 2.89. The number of benzene rings is 2. The van der Waals surface area contributed by atoms with Crippen LogP contribution in [-0.4, -0.2) is 11.6 Å². The molecule has 2 aromatic carbocycles. The molecule has 0 spiro atoms. The van der Waals surface area contributed by atoms with Crippen molar-refractivity contribution in [1.82, 2.24) is 0 Å². The Morgan fingerprint density at radius 3 is 2.41 bits per heavy atom. The van der Waals surface area contributed by atoms with E-state index in [1.165, 1.54) is 0 Å². The van der Waals surface area contributed by atoms with Crippen molar-refractivity contribution in [3.8, 4) is 11.5 Å². The molecule has 2 rings (SSSR count). The normalized spacial score (nSPS) is 10.3. The lowest BCUT2D eigenvalue weighted by molar-refractivity contribution is 0.269. The summed E-state index contributed by atoms with van der Waals surface area (Å²) in [5.41, 5.74) is 7.26. The molecule has 0 aliphatic rings. The fraction of sp³-hybridized carbons (Fsp3) is 0.188. The van der Waals surface area contributed by atoms with Crippen molar-refractivity contribution in [2.75, 3.05) is 6.61 Å². The van der Waals surface area contributed by atoms with Gasteiger partial charge in [-0.15, -0.1) is 0 Å². The summed E-state index contributed by atoms with van der Waals surface area (Å²) >= 11 is 17.1. The van der Waals surface area contributed by atoms with Crippen LogP contribution in [0, 0.1) is 0 Å². The second-order valence-electron chi connectivity index (χ2n) is 4.50. The SMILES string of the molecule is CCOc1cc(C(N)=S)cc(Cl)c1OCc1ccc(Cl)cc1. The first-order chi connectivity index (χ1) is 10.5. The van der Waals surface area contributed by atoms with E-state index in [4.69, 9.17) is 50.6 Å². The topological polar surface area (TPSA) is 44.5 Å². The molecule has 3 nitrogen and oxygen atoms in total. The molecule has 0 fully saturated rings. The second kappa shape index (κ2) is 7.68. The average molecular weight is 356 g/mol. The van der Waals surface area contributed by atoms with Crippen molar-refractivity contribution < 1.29 is 9.47 Å². The molecule has 0 amide bonds. The van der Waals surface area contributed by atoms with Gasteiger partial charge in [-0.1, -0.05) is 47.6 Å². The minimum atomic E-state index is 0.257. The van der Waals surface area contributed by atoms with Gasteiger partial charge in [-0.05, 0) is 36.8 Å². The monoisotopic (exact) mass is 355 g/mol. The summed E-state index contributed by atoms with van der Waals surface area (Å²) in [5, 5.41) is 1.08. The molecule has 2 N–H and O–H groups in total.